The molecule has 22 heavy (non-hydrogen) atoms. The van der Waals surface area contributed by atoms with Crippen molar-refractivity contribution in [2.45, 2.75) is 18.9 Å². The molecule has 1 aromatic carbocycles. The standard InChI is InChI=1S/C15H17N3O4/c1-20-12-4-3-10(13(6-12)21-2)7-18-8-11(5-14(18)19)15-16-9-22-17-15/h3-4,6,9,11H,5,7-8H2,1-2H3. The van der Waals surface area contributed by atoms with Gasteiger partial charge >= 0.3 is 0 Å². The summed E-state index contributed by atoms with van der Waals surface area (Å²) in [4.78, 5) is 18.0. The van der Waals surface area contributed by atoms with E-state index in [0.717, 1.165) is 11.3 Å². The van der Waals surface area contributed by atoms with Gasteiger partial charge < -0.3 is 18.9 Å². The highest BCUT2D eigenvalue weighted by Crippen LogP contribution is 2.30. The van der Waals surface area contributed by atoms with Gasteiger partial charge in [-0.25, -0.2) is 0 Å². The molecule has 1 amide bonds. The van der Waals surface area contributed by atoms with Crippen molar-refractivity contribution in [1.29, 1.82) is 0 Å². The van der Waals surface area contributed by atoms with Crippen molar-refractivity contribution >= 4 is 5.91 Å². The molecule has 2 aromatic rings. The highest BCUT2D eigenvalue weighted by atomic mass is 16.5. The van der Waals surface area contributed by atoms with E-state index in [4.69, 9.17) is 14.0 Å². The number of carbonyl (C=O) groups excluding carboxylic acids is 1. The van der Waals surface area contributed by atoms with Gasteiger partial charge in [-0.3, -0.25) is 4.79 Å². The Morgan fingerprint density at radius 3 is 2.91 bits per heavy atom. The second-order valence-corrected chi connectivity index (χ2v) is 5.14. The molecule has 3 rings (SSSR count). The third-order valence-corrected chi connectivity index (χ3v) is 3.81. The Hall–Kier alpha value is -2.57. The largest absolute Gasteiger partial charge is 0.497 e. The molecule has 0 aliphatic carbocycles. The molecule has 1 fully saturated rings. The first-order valence-electron chi connectivity index (χ1n) is 6.96. The molecule has 0 radical (unpaired) electrons. The van der Waals surface area contributed by atoms with Gasteiger partial charge in [0.1, 0.15) is 11.5 Å². The van der Waals surface area contributed by atoms with Crippen molar-refractivity contribution in [2.75, 3.05) is 20.8 Å². The summed E-state index contributed by atoms with van der Waals surface area (Å²) in [6, 6.07) is 5.58. The van der Waals surface area contributed by atoms with Gasteiger partial charge in [0.15, 0.2) is 5.82 Å². The maximum absolute atomic E-state index is 12.2. The molecule has 7 heteroatoms. The Balaban J connectivity index is 1.74. The van der Waals surface area contributed by atoms with Crippen LogP contribution in [-0.2, 0) is 11.3 Å². The number of likely N-dealkylation sites (tertiary alicyclic amines) is 1. The fourth-order valence-corrected chi connectivity index (χ4v) is 2.64. The van der Waals surface area contributed by atoms with Crippen LogP contribution in [0.3, 0.4) is 0 Å². The number of hydrogen-bond donors (Lipinski definition) is 0. The summed E-state index contributed by atoms with van der Waals surface area (Å²) in [5.74, 6) is 2.06. The maximum atomic E-state index is 12.2. The topological polar surface area (TPSA) is 77.7 Å². The van der Waals surface area contributed by atoms with Gasteiger partial charge in [0.05, 0.1) is 14.2 Å². The van der Waals surface area contributed by atoms with Gasteiger partial charge in [0.25, 0.3) is 0 Å². The molecule has 2 heterocycles. The van der Waals surface area contributed by atoms with E-state index >= 15 is 0 Å². The number of hydrogen-bond acceptors (Lipinski definition) is 6. The number of aromatic nitrogens is 2. The van der Waals surface area contributed by atoms with Gasteiger partial charge in [0, 0.05) is 37.1 Å². The molecule has 0 saturated carbocycles. The van der Waals surface area contributed by atoms with Gasteiger partial charge in [-0.1, -0.05) is 5.16 Å². The summed E-state index contributed by atoms with van der Waals surface area (Å²) in [5.41, 5.74) is 0.936. The Kier molecular flexibility index (Phi) is 3.95. The van der Waals surface area contributed by atoms with Crippen molar-refractivity contribution in [2.24, 2.45) is 0 Å². The van der Waals surface area contributed by atoms with Crippen molar-refractivity contribution in [3.8, 4) is 11.5 Å². The predicted molar refractivity (Wildman–Crippen MR) is 76.6 cm³/mol. The number of amides is 1. The monoisotopic (exact) mass is 303 g/mol. The average molecular weight is 303 g/mol. The maximum Gasteiger partial charge on any atom is 0.223 e. The van der Waals surface area contributed by atoms with Gasteiger partial charge in [-0.05, 0) is 12.1 Å². The first-order valence-corrected chi connectivity index (χ1v) is 6.96. The van der Waals surface area contributed by atoms with Crippen LogP contribution in [0.5, 0.6) is 11.5 Å². The van der Waals surface area contributed by atoms with Crippen molar-refractivity contribution < 1.29 is 18.8 Å². The minimum atomic E-state index is -0.0181. The van der Waals surface area contributed by atoms with Crippen LogP contribution in [0, 0.1) is 0 Å². The predicted octanol–water partition coefficient (Wildman–Crippen LogP) is 1.60. The third-order valence-electron chi connectivity index (χ3n) is 3.81. The number of rotatable bonds is 5. The lowest BCUT2D eigenvalue weighted by atomic mass is 10.1. The lowest BCUT2D eigenvalue weighted by Crippen LogP contribution is -2.24. The molecular formula is C15H17N3O4. The summed E-state index contributed by atoms with van der Waals surface area (Å²) in [6.45, 7) is 1.06. The highest BCUT2D eigenvalue weighted by Gasteiger charge is 2.33. The number of ether oxygens (including phenoxy) is 2. The Bertz CT molecular complexity index is 657. The number of benzene rings is 1. The number of nitrogens with zero attached hydrogens (tertiary/aromatic N) is 3. The molecule has 0 spiro atoms. The molecule has 7 nitrogen and oxygen atoms in total. The minimum Gasteiger partial charge on any atom is -0.497 e. The van der Waals surface area contributed by atoms with Gasteiger partial charge in [-0.15, -0.1) is 0 Å². The fraction of sp³-hybridized carbons (Fsp3) is 0.400. The summed E-state index contributed by atoms with van der Waals surface area (Å²) in [7, 11) is 3.21. The van der Waals surface area contributed by atoms with E-state index in [1.54, 1.807) is 19.1 Å². The van der Waals surface area contributed by atoms with E-state index in [9.17, 15) is 4.79 Å². The van der Waals surface area contributed by atoms with Gasteiger partial charge in [0.2, 0.25) is 12.3 Å². The molecule has 0 N–H and O–H groups in total. The van der Waals surface area contributed by atoms with Gasteiger partial charge in [-0.2, -0.15) is 4.98 Å². The van der Waals surface area contributed by atoms with E-state index in [1.165, 1.54) is 6.39 Å². The second-order valence-electron chi connectivity index (χ2n) is 5.14. The SMILES string of the molecule is COc1ccc(CN2CC(c3ncon3)CC2=O)c(OC)c1. The molecule has 1 unspecified atom stereocenters. The fourth-order valence-electron chi connectivity index (χ4n) is 2.64. The molecule has 1 saturated heterocycles. The number of methoxy groups -OCH3 is 2. The molecular weight excluding hydrogens is 286 g/mol. The normalized spacial score (nSPS) is 17.8. The van der Waals surface area contributed by atoms with E-state index in [1.807, 2.05) is 18.2 Å². The van der Waals surface area contributed by atoms with Crippen LogP contribution in [-0.4, -0.2) is 41.7 Å². The van der Waals surface area contributed by atoms with E-state index in [-0.39, 0.29) is 11.8 Å². The lowest BCUT2D eigenvalue weighted by molar-refractivity contribution is -0.128. The summed E-state index contributed by atoms with van der Waals surface area (Å²) in [5, 5.41) is 3.82. The zero-order chi connectivity index (χ0) is 15.5. The van der Waals surface area contributed by atoms with Crippen LogP contribution in [0.15, 0.2) is 29.1 Å². The quantitative estimate of drug-likeness (QED) is 0.835. The molecule has 1 aliphatic rings. The van der Waals surface area contributed by atoms with Crippen LogP contribution in [0.1, 0.15) is 23.7 Å². The van der Waals surface area contributed by atoms with Crippen molar-refractivity contribution in [1.82, 2.24) is 15.0 Å². The van der Waals surface area contributed by atoms with Crippen molar-refractivity contribution in [3.05, 3.63) is 36.0 Å². The van der Waals surface area contributed by atoms with Crippen LogP contribution in [0.4, 0.5) is 0 Å². The third kappa shape index (κ3) is 2.74. The van der Waals surface area contributed by atoms with Crippen LogP contribution >= 0.6 is 0 Å². The first kappa shape index (κ1) is 14.4. The number of carbonyl (C=O) groups is 1. The minimum absolute atomic E-state index is 0.0181. The molecule has 0 bridgehead atoms. The second kappa shape index (κ2) is 6.05. The van der Waals surface area contributed by atoms with Crippen LogP contribution < -0.4 is 9.47 Å². The Morgan fingerprint density at radius 1 is 1.36 bits per heavy atom. The molecule has 1 atom stereocenters. The van der Waals surface area contributed by atoms with Crippen LogP contribution in [0.25, 0.3) is 0 Å². The Morgan fingerprint density at radius 2 is 2.23 bits per heavy atom. The van der Waals surface area contributed by atoms with E-state index < -0.39 is 0 Å². The zero-order valence-corrected chi connectivity index (χ0v) is 12.5. The molecule has 1 aliphatic heterocycles. The zero-order valence-electron chi connectivity index (χ0n) is 12.5. The summed E-state index contributed by atoms with van der Waals surface area (Å²) >= 11 is 0. The average Bonchev–Trinajstić information content (AvgIpc) is 3.18. The van der Waals surface area contributed by atoms with Crippen LogP contribution in [0.2, 0.25) is 0 Å². The molecule has 1 aromatic heterocycles. The van der Waals surface area contributed by atoms with E-state index in [2.05, 4.69) is 10.1 Å². The van der Waals surface area contributed by atoms with E-state index in [0.29, 0.717) is 31.1 Å². The summed E-state index contributed by atoms with van der Waals surface area (Å²) in [6.07, 6.45) is 1.69. The molecule has 116 valence electrons. The van der Waals surface area contributed by atoms with Crippen molar-refractivity contribution in [3.63, 3.8) is 0 Å². The summed E-state index contributed by atoms with van der Waals surface area (Å²) < 4.78 is 15.3. The lowest BCUT2D eigenvalue weighted by Gasteiger charge is -2.18. The first-order chi connectivity index (χ1) is 10.7. The Labute approximate surface area is 127 Å². The highest BCUT2D eigenvalue weighted by molar-refractivity contribution is 5.79. The smallest absolute Gasteiger partial charge is 0.223 e.